The molecule has 9 heteroatoms. The maximum Gasteiger partial charge on any atom is 0.322 e. The highest BCUT2D eigenvalue weighted by Crippen LogP contribution is 2.37. The number of amides is 3. The Bertz CT molecular complexity index is 1210. The number of pyridine rings is 1. The highest BCUT2D eigenvalue weighted by Gasteiger charge is 2.31. The van der Waals surface area contributed by atoms with Crippen LogP contribution in [0.2, 0.25) is 5.02 Å². The first-order chi connectivity index (χ1) is 14.9. The Morgan fingerprint density at radius 2 is 1.94 bits per heavy atom. The zero-order valence-electron chi connectivity index (χ0n) is 16.7. The maximum atomic E-state index is 12.8. The molecule has 31 heavy (non-hydrogen) atoms. The van der Waals surface area contributed by atoms with Gasteiger partial charge in [-0.2, -0.15) is 5.26 Å². The minimum absolute atomic E-state index is 0.180. The second kappa shape index (κ2) is 8.13. The monoisotopic (exact) mass is 434 g/mol. The van der Waals surface area contributed by atoms with Crippen molar-refractivity contribution in [2.24, 2.45) is 5.73 Å². The Morgan fingerprint density at radius 1 is 1.19 bits per heavy atom. The van der Waals surface area contributed by atoms with E-state index in [0.29, 0.717) is 35.7 Å². The third kappa shape index (κ3) is 3.83. The van der Waals surface area contributed by atoms with E-state index in [1.165, 1.54) is 0 Å². The molecule has 0 aliphatic carbocycles. The maximum absolute atomic E-state index is 12.8. The largest absolute Gasteiger partial charge is 0.365 e. The van der Waals surface area contributed by atoms with Gasteiger partial charge in [-0.15, -0.1) is 0 Å². The third-order valence-electron chi connectivity index (χ3n) is 5.23. The molecule has 8 nitrogen and oxygen atoms in total. The van der Waals surface area contributed by atoms with E-state index in [1.807, 2.05) is 29.7 Å². The average molecular weight is 435 g/mol. The van der Waals surface area contributed by atoms with Crippen molar-refractivity contribution >= 4 is 29.2 Å². The molecule has 3 heterocycles. The summed E-state index contributed by atoms with van der Waals surface area (Å²) in [5.74, 6) is -0.644. The van der Waals surface area contributed by atoms with Crippen LogP contribution in [-0.2, 0) is 13.1 Å². The fourth-order valence-corrected chi connectivity index (χ4v) is 4.08. The van der Waals surface area contributed by atoms with Crippen molar-refractivity contribution < 1.29 is 9.59 Å². The normalized spacial score (nSPS) is 12.7. The Balaban J connectivity index is 1.64. The number of halogens is 1. The Morgan fingerprint density at radius 3 is 2.55 bits per heavy atom. The van der Waals surface area contributed by atoms with E-state index in [4.69, 9.17) is 22.6 Å². The van der Waals surface area contributed by atoms with E-state index in [0.717, 1.165) is 11.3 Å². The van der Waals surface area contributed by atoms with E-state index in [-0.39, 0.29) is 23.2 Å². The molecule has 3 N–H and O–H groups in total. The van der Waals surface area contributed by atoms with E-state index in [1.54, 1.807) is 35.4 Å². The van der Waals surface area contributed by atoms with Crippen molar-refractivity contribution in [2.45, 2.75) is 20.0 Å². The van der Waals surface area contributed by atoms with E-state index in [9.17, 15) is 9.59 Å². The lowest BCUT2D eigenvalue weighted by molar-refractivity contribution is 0.0997. The molecule has 0 atom stereocenters. The van der Waals surface area contributed by atoms with Gasteiger partial charge in [0.25, 0.3) is 5.91 Å². The minimum atomic E-state index is -0.644. The number of nitriles is 1. The highest BCUT2D eigenvalue weighted by molar-refractivity contribution is 6.36. The topological polar surface area (TPSA) is 117 Å². The molecule has 0 spiro atoms. The quantitative estimate of drug-likeness (QED) is 0.655. The van der Waals surface area contributed by atoms with Crippen LogP contribution in [0.3, 0.4) is 0 Å². The van der Waals surface area contributed by atoms with Gasteiger partial charge in [0.1, 0.15) is 0 Å². The number of aromatic nitrogens is 2. The van der Waals surface area contributed by atoms with Crippen molar-refractivity contribution in [2.75, 3.05) is 11.9 Å². The summed E-state index contributed by atoms with van der Waals surface area (Å²) in [5.41, 5.74) is 9.83. The predicted molar refractivity (Wildman–Crippen MR) is 117 cm³/mol. The molecule has 2 aromatic heterocycles. The van der Waals surface area contributed by atoms with Crippen LogP contribution in [0.5, 0.6) is 0 Å². The lowest BCUT2D eigenvalue weighted by atomic mass is 10.1. The summed E-state index contributed by atoms with van der Waals surface area (Å²) in [4.78, 5) is 30.9. The summed E-state index contributed by atoms with van der Waals surface area (Å²) >= 11 is 6.58. The third-order valence-corrected chi connectivity index (χ3v) is 5.60. The lowest BCUT2D eigenvalue weighted by Gasteiger charge is -2.30. The van der Waals surface area contributed by atoms with Gasteiger partial charge in [0.15, 0.2) is 0 Å². The summed E-state index contributed by atoms with van der Waals surface area (Å²) in [6.07, 6.45) is 1.71. The van der Waals surface area contributed by atoms with E-state index < -0.39 is 5.91 Å². The Kier molecular flexibility index (Phi) is 5.36. The number of hydrogen-bond acceptors (Lipinski definition) is 4. The Hall–Kier alpha value is -3.83. The van der Waals surface area contributed by atoms with Gasteiger partial charge in [0, 0.05) is 36.2 Å². The molecule has 3 amide bonds. The number of benzene rings is 1. The number of anilines is 1. The van der Waals surface area contributed by atoms with Crippen LogP contribution >= 0.6 is 11.6 Å². The van der Waals surface area contributed by atoms with Crippen molar-refractivity contribution in [3.05, 3.63) is 70.1 Å². The number of urea groups is 1. The first-order valence-corrected chi connectivity index (χ1v) is 9.96. The number of nitrogens with zero attached hydrogens (tertiary/aromatic N) is 4. The molecule has 0 saturated heterocycles. The first kappa shape index (κ1) is 20.4. The smallest absolute Gasteiger partial charge is 0.322 e. The van der Waals surface area contributed by atoms with Crippen LogP contribution in [0.1, 0.15) is 27.3 Å². The highest BCUT2D eigenvalue weighted by atomic mass is 35.5. The van der Waals surface area contributed by atoms with Crippen molar-refractivity contribution in [1.82, 2.24) is 14.5 Å². The molecule has 1 aliphatic rings. The van der Waals surface area contributed by atoms with Crippen molar-refractivity contribution in [3.8, 4) is 17.3 Å². The first-order valence-electron chi connectivity index (χ1n) is 9.59. The van der Waals surface area contributed by atoms with Gasteiger partial charge in [0.05, 0.1) is 40.2 Å². The fraction of sp³-hybridized carbons (Fsp3) is 0.182. The number of carbonyl (C=O) groups excluding carboxylic acids is 2. The van der Waals surface area contributed by atoms with Crippen molar-refractivity contribution in [1.29, 1.82) is 5.26 Å². The van der Waals surface area contributed by atoms with E-state index >= 15 is 0 Å². The number of fused-ring (bicyclic) bond motifs is 1. The molecule has 3 aromatic rings. The number of rotatable bonds is 3. The zero-order valence-corrected chi connectivity index (χ0v) is 17.5. The fourth-order valence-electron chi connectivity index (χ4n) is 3.67. The molecule has 0 fully saturated rings. The SMILES string of the molecule is Cc1ccc(-c2c(Cl)c(C(N)=O)c3n2CCN(C(=O)Nc2ccc(C#N)cc2)C3)cn1. The second-order valence-electron chi connectivity index (χ2n) is 7.23. The average Bonchev–Trinajstić information content (AvgIpc) is 3.06. The molecule has 0 radical (unpaired) electrons. The van der Waals surface area contributed by atoms with Crippen LogP contribution in [0.15, 0.2) is 42.6 Å². The van der Waals surface area contributed by atoms with Crippen molar-refractivity contribution in [3.63, 3.8) is 0 Å². The zero-order chi connectivity index (χ0) is 22.1. The molecule has 1 aromatic carbocycles. The molecular formula is C22H19ClN6O2. The van der Waals surface area contributed by atoms with Gasteiger partial charge in [-0.05, 0) is 43.3 Å². The molecule has 0 saturated carbocycles. The van der Waals surface area contributed by atoms with Gasteiger partial charge in [0.2, 0.25) is 0 Å². The van der Waals surface area contributed by atoms with Gasteiger partial charge in [-0.3, -0.25) is 9.78 Å². The summed E-state index contributed by atoms with van der Waals surface area (Å²) in [5, 5.41) is 12.0. The van der Waals surface area contributed by atoms with Crippen LogP contribution in [0, 0.1) is 18.3 Å². The van der Waals surface area contributed by atoms with Gasteiger partial charge in [-0.25, -0.2) is 4.79 Å². The second-order valence-corrected chi connectivity index (χ2v) is 7.61. The standard InChI is InChI=1S/C22H19ClN6O2/c1-13-2-5-15(11-26-13)20-19(23)18(21(25)30)17-12-28(8-9-29(17)20)22(31)27-16-6-3-14(10-24)4-7-16/h2-7,11H,8-9,12H2,1H3,(H2,25,30)(H,27,31). The molecule has 156 valence electrons. The number of carbonyl (C=O) groups is 2. The lowest BCUT2D eigenvalue weighted by Crippen LogP contribution is -2.41. The predicted octanol–water partition coefficient (Wildman–Crippen LogP) is 3.53. The van der Waals surface area contributed by atoms with Gasteiger partial charge in [-0.1, -0.05) is 11.6 Å². The van der Waals surface area contributed by atoms with Crippen LogP contribution in [0.25, 0.3) is 11.3 Å². The summed E-state index contributed by atoms with van der Waals surface area (Å²) in [7, 11) is 0. The summed E-state index contributed by atoms with van der Waals surface area (Å²) < 4.78 is 1.93. The number of aryl methyl sites for hydroxylation is 1. The minimum Gasteiger partial charge on any atom is -0.365 e. The van der Waals surface area contributed by atoms with Crippen LogP contribution in [0.4, 0.5) is 10.5 Å². The number of primary amides is 1. The molecular weight excluding hydrogens is 416 g/mol. The Labute approximate surface area is 183 Å². The number of nitrogens with one attached hydrogen (secondary N) is 1. The summed E-state index contributed by atoms with van der Waals surface area (Å²) in [6, 6.07) is 12.1. The molecule has 0 bridgehead atoms. The molecule has 1 aliphatic heterocycles. The number of hydrogen-bond donors (Lipinski definition) is 2. The van der Waals surface area contributed by atoms with Crippen LogP contribution < -0.4 is 11.1 Å². The number of nitrogens with two attached hydrogens (primary N) is 1. The van der Waals surface area contributed by atoms with Gasteiger partial charge >= 0.3 is 6.03 Å². The van der Waals surface area contributed by atoms with E-state index in [2.05, 4.69) is 10.3 Å². The summed E-state index contributed by atoms with van der Waals surface area (Å²) in [6.45, 7) is 2.94. The van der Waals surface area contributed by atoms with Gasteiger partial charge < -0.3 is 20.5 Å². The molecule has 4 rings (SSSR count). The van der Waals surface area contributed by atoms with Crippen LogP contribution in [-0.4, -0.2) is 32.9 Å². The molecule has 0 unspecified atom stereocenters.